The summed E-state index contributed by atoms with van der Waals surface area (Å²) < 4.78 is 22.3. The quantitative estimate of drug-likeness (QED) is 0.894. The van der Waals surface area contributed by atoms with E-state index >= 15 is 0 Å². The number of carbonyl (C=O) groups is 1. The van der Waals surface area contributed by atoms with Gasteiger partial charge in [0.15, 0.2) is 0 Å². The molecular weight excluding hydrogens is 299 g/mol. The number of sulfonamides is 1. The Morgan fingerprint density at radius 1 is 1.33 bits per heavy atom. The molecule has 0 aliphatic heterocycles. The van der Waals surface area contributed by atoms with Crippen LogP contribution in [0.25, 0.3) is 0 Å². The third-order valence-corrected chi connectivity index (χ3v) is 3.57. The van der Waals surface area contributed by atoms with Gasteiger partial charge in [0.1, 0.15) is 0 Å². The largest absolute Gasteiger partial charge is 0.324 e. The van der Waals surface area contributed by atoms with Crippen LogP contribution < -0.4 is 10.5 Å². The minimum atomic E-state index is -3.88. The molecule has 0 aliphatic carbocycles. The van der Waals surface area contributed by atoms with Crippen molar-refractivity contribution in [3.05, 3.63) is 22.2 Å². The Bertz CT molecular complexity index is 549. The summed E-state index contributed by atoms with van der Waals surface area (Å²) >= 11 is 11.7. The molecule has 100 valence electrons. The van der Waals surface area contributed by atoms with Gasteiger partial charge in [-0.15, -0.1) is 0 Å². The zero-order valence-corrected chi connectivity index (χ0v) is 11.9. The monoisotopic (exact) mass is 310 g/mol. The second-order valence-corrected chi connectivity index (χ2v) is 5.98. The van der Waals surface area contributed by atoms with Crippen molar-refractivity contribution in [1.29, 1.82) is 0 Å². The van der Waals surface area contributed by atoms with Crippen LogP contribution in [0.4, 0.5) is 5.69 Å². The SMILES string of the molecule is CCCC(=O)Nc1c(Cl)cc(S(N)(=O)=O)cc1Cl. The molecule has 0 atom stereocenters. The van der Waals surface area contributed by atoms with Gasteiger partial charge in [0.25, 0.3) is 0 Å². The van der Waals surface area contributed by atoms with Crippen LogP contribution in [0.5, 0.6) is 0 Å². The van der Waals surface area contributed by atoms with Gasteiger partial charge in [0.05, 0.1) is 20.6 Å². The molecule has 0 heterocycles. The highest BCUT2D eigenvalue weighted by molar-refractivity contribution is 7.89. The summed E-state index contributed by atoms with van der Waals surface area (Å²) in [4.78, 5) is 11.2. The Kier molecular flexibility index (Phi) is 4.98. The maximum Gasteiger partial charge on any atom is 0.238 e. The first-order chi connectivity index (χ1) is 8.25. The van der Waals surface area contributed by atoms with Gasteiger partial charge in [-0.3, -0.25) is 4.79 Å². The fraction of sp³-hybridized carbons (Fsp3) is 0.300. The zero-order valence-electron chi connectivity index (χ0n) is 9.54. The van der Waals surface area contributed by atoms with E-state index in [0.29, 0.717) is 12.8 Å². The molecule has 0 bridgehead atoms. The van der Waals surface area contributed by atoms with Gasteiger partial charge in [-0.25, -0.2) is 13.6 Å². The summed E-state index contributed by atoms with van der Waals surface area (Å²) in [5, 5.41) is 7.53. The van der Waals surface area contributed by atoms with Crippen LogP contribution in [-0.4, -0.2) is 14.3 Å². The fourth-order valence-electron chi connectivity index (χ4n) is 1.26. The number of nitrogens with one attached hydrogen (secondary N) is 1. The first-order valence-electron chi connectivity index (χ1n) is 5.07. The predicted molar refractivity (Wildman–Crippen MR) is 71.4 cm³/mol. The average Bonchev–Trinajstić information content (AvgIpc) is 2.22. The Labute approximate surface area is 115 Å². The number of hydrogen-bond donors (Lipinski definition) is 2. The molecule has 18 heavy (non-hydrogen) atoms. The summed E-state index contributed by atoms with van der Waals surface area (Å²) in [7, 11) is -3.88. The number of carbonyl (C=O) groups excluding carboxylic acids is 1. The Morgan fingerprint density at radius 2 is 1.83 bits per heavy atom. The molecule has 0 aliphatic rings. The van der Waals surface area contributed by atoms with Crippen LogP contribution in [0, 0.1) is 0 Å². The second kappa shape index (κ2) is 5.88. The highest BCUT2D eigenvalue weighted by Gasteiger charge is 2.16. The number of anilines is 1. The topological polar surface area (TPSA) is 89.3 Å². The lowest BCUT2D eigenvalue weighted by molar-refractivity contribution is -0.116. The van der Waals surface area contributed by atoms with Crippen molar-refractivity contribution in [3.63, 3.8) is 0 Å². The summed E-state index contributed by atoms with van der Waals surface area (Å²) in [6.07, 6.45) is 1.000. The van der Waals surface area contributed by atoms with Crippen LogP contribution in [0.2, 0.25) is 10.0 Å². The van der Waals surface area contributed by atoms with E-state index in [1.54, 1.807) is 0 Å². The molecule has 0 saturated carbocycles. The maximum absolute atomic E-state index is 11.4. The van der Waals surface area contributed by atoms with E-state index in [2.05, 4.69) is 5.32 Å². The number of primary sulfonamides is 1. The van der Waals surface area contributed by atoms with Gasteiger partial charge >= 0.3 is 0 Å². The lowest BCUT2D eigenvalue weighted by Crippen LogP contribution is -2.14. The second-order valence-electron chi connectivity index (χ2n) is 3.61. The summed E-state index contributed by atoms with van der Waals surface area (Å²) in [6.45, 7) is 1.85. The fourth-order valence-corrected chi connectivity index (χ4v) is 2.54. The molecule has 8 heteroatoms. The van der Waals surface area contributed by atoms with Crippen LogP contribution in [-0.2, 0) is 14.8 Å². The number of halogens is 2. The molecule has 0 spiro atoms. The number of rotatable bonds is 4. The number of amides is 1. The maximum atomic E-state index is 11.4. The smallest absolute Gasteiger partial charge is 0.238 e. The molecule has 5 nitrogen and oxygen atoms in total. The predicted octanol–water partition coefficient (Wildman–Crippen LogP) is 2.38. The van der Waals surface area contributed by atoms with Gasteiger partial charge < -0.3 is 5.32 Å². The van der Waals surface area contributed by atoms with Crippen molar-refractivity contribution in [1.82, 2.24) is 0 Å². The molecule has 0 fully saturated rings. The average molecular weight is 311 g/mol. The summed E-state index contributed by atoms with van der Waals surface area (Å²) in [5.74, 6) is -0.246. The first kappa shape index (κ1) is 15.2. The Morgan fingerprint density at radius 3 is 2.22 bits per heavy atom. The van der Waals surface area contributed by atoms with Gasteiger partial charge in [-0.1, -0.05) is 30.1 Å². The standard InChI is InChI=1S/C10H12Cl2N2O3S/c1-2-3-9(15)14-10-7(11)4-6(5-8(10)12)18(13,16)17/h4-5H,2-3H2,1H3,(H,14,15)(H2,13,16,17). The van der Waals surface area contributed by atoms with Gasteiger partial charge in [-0.05, 0) is 18.6 Å². The van der Waals surface area contributed by atoms with Crippen molar-refractivity contribution in [2.75, 3.05) is 5.32 Å². The van der Waals surface area contributed by atoms with Crippen molar-refractivity contribution in [2.24, 2.45) is 5.14 Å². The molecule has 3 N–H and O–H groups in total. The number of hydrogen-bond acceptors (Lipinski definition) is 3. The zero-order chi connectivity index (χ0) is 13.9. The van der Waals surface area contributed by atoms with Gasteiger partial charge in [-0.2, -0.15) is 0 Å². The highest BCUT2D eigenvalue weighted by Crippen LogP contribution is 2.33. The van der Waals surface area contributed by atoms with E-state index in [-0.39, 0.29) is 26.5 Å². The summed E-state index contributed by atoms with van der Waals surface area (Å²) in [5.41, 5.74) is 0.184. The third-order valence-electron chi connectivity index (χ3n) is 2.09. The first-order valence-corrected chi connectivity index (χ1v) is 7.37. The van der Waals surface area contributed by atoms with E-state index in [9.17, 15) is 13.2 Å². The third kappa shape index (κ3) is 3.84. The van der Waals surface area contributed by atoms with Crippen molar-refractivity contribution >= 4 is 44.8 Å². The number of benzene rings is 1. The minimum absolute atomic E-state index is 0.0241. The lowest BCUT2D eigenvalue weighted by Gasteiger charge is -2.10. The van der Waals surface area contributed by atoms with Crippen molar-refractivity contribution < 1.29 is 13.2 Å². The van der Waals surface area contributed by atoms with E-state index < -0.39 is 10.0 Å². The number of nitrogens with two attached hydrogens (primary N) is 1. The van der Waals surface area contributed by atoms with E-state index in [0.717, 1.165) is 12.1 Å². The Hall–Kier alpha value is -0.820. The normalized spacial score (nSPS) is 11.3. The highest BCUT2D eigenvalue weighted by atomic mass is 35.5. The molecule has 0 saturated heterocycles. The van der Waals surface area contributed by atoms with Crippen LogP contribution >= 0.6 is 23.2 Å². The molecule has 1 amide bonds. The minimum Gasteiger partial charge on any atom is -0.324 e. The molecule has 1 aromatic rings. The van der Waals surface area contributed by atoms with Crippen molar-refractivity contribution in [2.45, 2.75) is 24.7 Å². The van der Waals surface area contributed by atoms with Gasteiger partial charge in [0, 0.05) is 6.42 Å². The van der Waals surface area contributed by atoms with E-state index in [1.165, 1.54) is 0 Å². The lowest BCUT2D eigenvalue weighted by atomic mass is 10.3. The Balaban J connectivity index is 3.13. The van der Waals surface area contributed by atoms with Gasteiger partial charge in [0.2, 0.25) is 15.9 Å². The molecule has 0 unspecified atom stereocenters. The van der Waals surface area contributed by atoms with Crippen LogP contribution in [0.1, 0.15) is 19.8 Å². The van der Waals surface area contributed by atoms with Crippen LogP contribution in [0.3, 0.4) is 0 Å². The molecule has 0 aromatic heterocycles. The van der Waals surface area contributed by atoms with Crippen molar-refractivity contribution in [3.8, 4) is 0 Å². The van der Waals surface area contributed by atoms with Crippen LogP contribution in [0.15, 0.2) is 17.0 Å². The molecular formula is C10H12Cl2N2O3S. The van der Waals surface area contributed by atoms with E-state index in [4.69, 9.17) is 28.3 Å². The van der Waals surface area contributed by atoms with E-state index in [1.807, 2.05) is 6.92 Å². The molecule has 1 rings (SSSR count). The molecule has 1 aromatic carbocycles. The molecule has 0 radical (unpaired) electrons. The summed E-state index contributed by atoms with van der Waals surface area (Å²) in [6, 6.07) is 2.29.